The minimum atomic E-state index is -3.36. The number of rotatable bonds is 3. The molecule has 1 amide bonds. The smallest absolute Gasteiger partial charge is 0.407 e. The van der Waals surface area contributed by atoms with Gasteiger partial charge in [-0.05, 0) is 41.4 Å². The Morgan fingerprint density at radius 2 is 2.14 bits per heavy atom. The van der Waals surface area contributed by atoms with E-state index in [1.807, 2.05) is 20.8 Å². The molecule has 6 N–H and O–H groups in total. The van der Waals surface area contributed by atoms with E-state index in [2.05, 4.69) is 9.12 Å². The fourth-order valence-electron chi connectivity index (χ4n) is 4.19. The van der Waals surface area contributed by atoms with E-state index in [0.717, 1.165) is 12.8 Å². The number of nitrogens with two attached hydrogens (primary N) is 1. The summed E-state index contributed by atoms with van der Waals surface area (Å²) in [6.07, 6.45) is 0.738. The van der Waals surface area contributed by atoms with Crippen LogP contribution in [0.5, 0.6) is 5.75 Å². The molecule has 1 aromatic rings. The average Bonchev–Trinajstić information content (AvgIpc) is 2.57. The Balaban J connectivity index is 1.83. The lowest BCUT2D eigenvalue weighted by atomic mass is 9.74. The van der Waals surface area contributed by atoms with Crippen molar-refractivity contribution in [3.8, 4) is 5.75 Å². The van der Waals surface area contributed by atoms with Crippen molar-refractivity contribution < 1.29 is 23.7 Å². The number of nitrogens with zero attached hydrogens (tertiary/aromatic N) is 2. The first-order valence-corrected chi connectivity index (χ1v) is 10.7. The Hall–Kier alpha value is -2.17. The summed E-state index contributed by atoms with van der Waals surface area (Å²) in [5.74, 6) is 0.490. The molecular weight excluding hydrogens is 384 g/mol. The van der Waals surface area contributed by atoms with Gasteiger partial charge in [-0.25, -0.2) is 4.79 Å². The molecular formula is C18H28N4O5S. The Labute approximate surface area is 166 Å². The van der Waals surface area contributed by atoms with Crippen LogP contribution in [0.25, 0.3) is 0 Å². The highest BCUT2D eigenvalue weighted by Crippen LogP contribution is 2.47. The third-order valence-electron chi connectivity index (χ3n) is 5.10. The number of carboxylic acid groups (broad SMARTS) is 1. The highest BCUT2D eigenvalue weighted by molar-refractivity contribution is 8.24. The first kappa shape index (κ1) is 20.6. The summed E-state index contributed by atoms with van der Waals surface area (Å²) in [5, 5.41) is 9.62. The van der Waals surface area contributed by atoms with E-state index in [9.17, 15) is 19.0 Å². The molecule has 9 nitrogen and oxygen atoms in total. The number of piperidine rings is 1. The molecule has 2 aliphatic heterocycles. The van der Waals surface area contributed by atoms with Gasteiger partial charge in [-0.15, -0.1) is 4.40 Å². The Kier molecular flexibility index (Phi) is 5.39. The van der Waals surface area contributed by atoms with Crippen LogP contribution in [0.15, 0.2) is 22.6 Å². The normalized spacial score (nSPS) is 25.2. The van der Waals surface area contributed by atoms with Crippen molar-refractivity contribution in [2.75, 3.05) is 17.9 Å². The van der Waals surface area contributed by atoms with E-state index in [1.165, 1.54) is 4.90 Å². The molecule has 0 saturated carbocycles. The number of anilines is 1. The standard InChI is InChI=1S/C18H28N4O5S/c1-18(2,3)15-11(6-5-9-22(15)17(23)24)10-27-13-8-4-7-12-14(13)16(19)21-28(25,26)20-12/h4,7-8,11,15,20,25-26H,5-6,9-10H2,1-3H3,(H2,19,21)(H,23,24). The quantitative estimate of drug-likeness (QED) is 0.511. The summed E-state index contributed by atoms with van der Waals surface area (Å²) in [5.41, 5.74) is 6.62. The third kappa shape index (κ3) is 4.13. The molecule has 0 radical (unpaired) electrons. The number of nitrogens with one attached hydrogen (secondary N) is 1. The molecule has 0 aliphatic carbocycles. The average molecular weight is 413 g/mol. The maximum atomic E-state index is 11.7. The van der Waals surface area contributed by atoms with Crippen LogP contribution in [0, 0.1) is 11.3 Å². The van der Waals surface area contributed by atoms with Crippen LogP contribution in [-0.2, 0) is 0 Å². The van der Waals surface area contributed by atoms with E-state index in [0.29, 0.717) is 30.2 Å². The van der Waals surface area contributed by atoms with Crippen LogP contribution < -0.4 is 15.2 Å². The number of amides is 1. The second-order valence-corrected chi connectivity index (χ2v) is 9.70. The first-order valence-electron chi connectivity index (χ1n) is 9.17. The third-order valence-corrected chi connectivity index (χ3v) is 6.04. The fraction of sp³-hybridized carbons (Fsp3) is 0.556. The summed E-state index contributed by atoms with van der Waals surface area (Å²) in [7, 11) is -3.36. The highest BCUT2D eigenvalue weighted by atomic mass is 32.3. The van der Waals surface area contributed by atoms with E-state index in [1.54, 1.807) is 18.2 Å². The molecule has 2 unspecified atom stereocenters. The molecule has 2 aliphatic rings. The van der Waals surface area contributed by atoms with E-state index >= 15 is 0 Å². The van der Waals surface area contributed by atoms with Gasteiger partial charge in [0, 0.05) is 18.5 Å². The molecule has 0 aromatic heterocycles. The summed E-state index contributed by atoms with van der Waals surface area (Å²) < 4.78 is 31.9. The predicted octanol–water partition coefficient (Wildman–Crippen LogP) is 3.58. The number of amidine groups is 1. The molecule has 1 saturated heterocycles. The topological polar surface area (TPSA) is 141 Å². The number of hydrogen-bond acceptors (Lipinski definition) is 7. The van der Waals surface area contributed by atoms with Crippen molar-refractivity contribution in [1.82, 2.24) is 4.90 Å². The SMILES string of the molecule is CC(C)(C)C1C(COc2cccc3c2C(N)=NS(O)(O)N3)CCCN1C(=O)O. The molecule has 156 valence electrons. The maximum absolute atomic E-state index is 11.7. The van der Waals surface area contributed by atoms with E-state index < -0.39 is 17.1 Å². The summed E-state index contributed by atoms with van der Waals surface area (Å²) in [4.78, 5) is 13.2. The van der Waals surface area contributed by atoms with Crippen molar-refractivity contribution in [2.45, 2.75) is 39.7 Å². The van der Waals surface area contributed by atoms with Crippen molar-refractivity contribution in [1.29, 1.82) is 0 Å². The zero-order valence-corrected chi connectivity index (χ0v) is 17.1. The number of carbonyl (C=O) groups is 1. The van der Waals surface area contributed by atoms with Crippen molar-refractivity contribution >= 4 is 28.6 Å². The Morgan fingerprint density at radius 3 is 2.79 bits per heavy atom. The van der Waals surface area contributed by atoms with Crippen molar-refractivity contribution in [2.24, 2.45) is 21.5 Å². The first-order chi connectivity index (χ1) is 13.0. The molecule has 0 bridgehead atoms. The van der Waals surface area contributed by atoms with Gasteiger partial charge in [-0.1, -0.05) is 26.8 Å². The lowest BCUT2D eigenvalue weighted by molar-refractivity contribution is 0.00675. The molecule has 3 rings (SSSR count). The molecule has 1 aromatic carbocycles. The van der Waals surface area contributed by atoms with Gasteiger partial charge in [0.2, 0.25) is 0 Å². The van der Waals surface area contributed by atoms with Gasteiger partial charge in [0.05, 0.1) is 17.9 Å². The predicted molar refractivity (Wildman–Crippen MR) is 110 cm³/mol. The minimum absolute atomic E-state index is 0.00692. The van der Waals surface area contributed by atoms with Gasteiger partial charge < -0.3 is 20.5 Å². The van der Waals surface area contributed by atoms with Crippen molar-refractivity contribution in [3.05, 3.63) is 23.8 Å². The fourth-order valence-corrected chi connectivity index (χ4v) is 5.07. The monoisotopic (exact) mass is 412 g/mol. The number of benzene rings is 1. The minimum Gasteiger partial charge on any atom is -0.492 e. The van der Waals surface area contributed by atoms with Crippen LogP contribution >= 0.6 is 11.0 Å². The summed E-state index contributed by atoms with van der Waals surface area (Å²) >= 11 is 0. The molecule has 10 heteroatoms. The lowest BCUT2D eigenvalue weighted by Gasteiger charge is -2.46. The zero-order valence-electron chi connectivity index (χ0n) is 16.3. The van der Waals surface area contributed by atoms with Gasteiger partial charge >= 0.3 is 6.09 Å². The number of fused-ring (bicyclic) bond motifs is 1. The largest absolute Gasteiger partial charge is 0.492 e. The molecule has 1 fully saturated rings. The molecule has 28 heavy (non-hydrogen) atoms. The van der Waals surface area contributed by atoms with E-state index in [-0.39, 0.29) is 23.2 Å². The second kappa shape index (κ2) is 7.34. The molecule has 2 heterocycles. The van der Waals surface area contributed by atoms with Gasteiger partial charge in [0.25, 0.3) is 0 Å². The maximum Gasteiger partial charge on any atom is 0.407 e. The Morgan fingerprint density at radius 1 is 1.43 bits per heavy atom. The molecule has 2 atom stereocenters. The van der Waals surface area contributed by atoms with Crippen LogP contribution in [0.3, 0.4) is 0 Å². The van der Waals surface area contributed by atoms with Gasteiger partial charge in [-0.2, -0.15) is 0 Å². The zero-order chi connectivity index (χ0) is 20.7. The lowest BCUT2D eigenvalue weighted by Crippen LogP contribution is -2.55. The van der Waals surface area contributed by atoms with Crippen LogP contribution in [0.4, 0.5) is 10.5 Å². The summed E-state index contributed by atoms with van der Waals surface area (Å²) in [6, 6.07) is 4.96. The highest BCUT2D eigenvalue weighted by Gasteiger charge is 2.42. The Bertz CT molecular complexity index is 793. The van der Waals surface area contributed by atoms with E-state index in [4.69, 9.17) is 10.5 Å². The van der Waals surface area contributed by atoms with Crippen LogP contribution in [-0.4, -0.2) is 50.2 Å². The number of ether oxygens (including phenoxy) is 1. The van der Waals surface area contributed by atoms with Crippen molar-refractivity contribution in [3.63, 3.8) is 0 Å². The molecule has 0 spiro atoms. The van der Waals surface area contributed by atoms with Gasteiger partial charge in [-0.3, -0.25) is 13.8 Å². The van der Waals surface area contributed by atoms with Crippen LogP contribution in [0.1, 0.15) is 39.2 Å². The summed E-state index contributed by atoms with van der Waals surface area (Å²) in [6.45, 7) is 6.96. The van der Waals surface area contributed by atoms with Gasteiger partial charge in [0.15, 0.2) is 5.84 Å². The van der Waals surface area contributed by atoms with Crippen LogP contribution in [0.2, 0.25) is 0 Å². The second-order valence-electron chi connectivity index (χ2n) is 8.28. The van der Waals surface area contributed by atoms with Gasteiger partial charge in [0.1, 0.15) is 5.75 Å². The number of likely N-dealkylation sites (tertiary alicyclic amines) is 1. The number of hydrogen-bond donors (Lipinski definition) is 5.